The van der Waals surface area contributed by atoms with Crippen molar-refractivity contribution in [3.63, 3.8) is 0 Å². The minimum atomic E-state index is -0.808. The number of ketones is 1. The van der Waals surface area contributed by atoms with Gasteiger partial charge < -0.3 is 19.5 Å². The number of hydrogen-bond acceptors (Lipinski definition) is 5. The van der Waals surface area contributed by atoms with Crippen LogP contribution in [-0.4, -0.2) is 33.1 Å². The number of ether oxygens (including phenoxy) is 1. The fourth-order valence-electron chi connectivity index (χ4n) is 2.93. The summed E-state index contributed by atoms with van der Waals surface area (Å²) in [6.45, 7) is 3.46. The quantitative estimate of drug-likeness (QED) is 0.650. The summed E-state index contributed by atoms with van der Waals surface area (Å²) in [7, 11) is 0. The van der Waals surface area contributed by atoms with E-state index in [1.54, 1.807) is 0 Å². The first-order valence-electron chi connectivity index (χ1n) is 7.79. The van der Waals surface area contributed by atoms with E-state index in [0.29, 0.717) is 11.6 Å². The summed E-state index contributed by atoms with van der Waals surface area (Å²) >= 11 is 0. The maximum Gasteiger partial charge on any atom is 0.342 e. The molecule has 1 fully saturated rings. The summed E-state index contributed by atoms with van der Waals surface area (Å²) in [6, 6.07) is 5.85. The normalized spacial score (nSPS) is 13.8. The number of phenols is 2. The Hall–Kier alpha value is -2.76. The molecule has 1 aromatic carbocycles. The van der Waals surface area contributed by atoms with Gasteiger partial charge in [-0.3, -0.25) is 4.79 Å². The van der Waals surface area contributed by atoms with Crippen molar-refractivity contribution in [1.29, 1.82) is 0 Å². The van der Waals surface area contributed by atoms with Gasteiger partial charge in [0, 0.05) is 29.1 Å². The minimum absolute atomic E-state index is 0.0935. The number of esters is 1. The Labute approximate surface area is 139 Å². The topological polar surface area (TPSA) is 88.8 Å². The zero-order valence-corrected chi connectivity index (χ0v) is 13.6. The third-order valence-corrected chi connectivity index (χ3v) is 4.23. The van der Waals surface area contributed by atoms with Crippen molar-refractivity contribution in [1.82, 2.24) is 4.57 Å². The van der Waals surface area contributed by atoms with Crippen LogP contribution in [0, 0.1) is 13.8 Å². The average Bonchev–Trinajstić information content (AvgIpc) is 3.30. The molecule has 1 heterocycles. The molecule has 6 heteroatoms. The lowest BCUT2D eigenvalue weighted by molar-refractivity contribution is 0.0471. The molecule has 0 unspecified atom stereocenters. The highest BCUT2D eigenvalue weighted by atomic mass is 16.5. The summed E-state index contributed by atoms with van der Waals surface area (Å²) in [6.07, 6.45) is 2.25. The lowest BCUT2D eigenvalue weighted by atomic mass is 10.1. The molecule has 24 heavy (non-hydrogen) atoms. The Kier molecular flexibility index (Phi) is 4.05. The highest BCUT2D eigenvalue weighted by Gasteiger charge is 2.28. The van der Waals surface area contributed by atoms with Crippen molar-refractivity contribution in [2.24, 2.45) is 0 Å². The van der Waals surface area contributed by atoms with Crippen LogP contribution in [0.4, 0.5) is 0 Å². The zero-order valence-electron chi connectivity index (χ0n) is 13.6. The molecule has 0 spiro atoms. The number of phenolic OH excluding ortho intramolecular Hbond substituents is 2. The monoisotopic (exact) mass is 329 g/mol. The third kappa shape index (κ3) is 2.99. The zero-order chi connectivity index (χ0) is 17.4. The molecular formula is C18H19NO5. The Morgan fingerprint density at radius 2 is 1.88 bits per heavy atom. The van der Waals surface area contributed by atoms with Gasteiger partial charge in [-0.2, -0.15) is 0 Å². The number of Topliss-reactive ketones (excluding diaryl/α,β-unsaturated/α-hetero) is 1. The van der Waals surface area contributed by atoms with Gasteiger partial charge in [0.15, 0.2) is 6.61 Å². The number of benzene rings is 1. The maximum atomic E-state index is 12.4. The Balaban J connectivity index is 1.69. The molecule has 6 nitrogen and oxygen atoms in total. The molecule has 1 aliphatic rings. The second-order valence-electron chi connectivity index (χ2n) is 6.09. The molecule has 0 radical (unpaired) electrons. The first-order chi connectivity index (χ1) is 11.4. The van der Waals surface area contributed by atoms with Crippen molar-refractivity contribution in [2.45, 2.75) is 32.7 Å². The molecule has 126 valence electrons. The molecular weight excluding hydrogens is 310 g/mol. The highest BCUT2D eigenvalue weighted by Crippen LogP contribution is 2.38. The van der Waals surface area contributed by atoms with Gasteiger partial charge in [0.25, 0.3) is 0 Å². The Morgan fingerprint density at radius 3 is 2.50 bits per heavy atom. The number of hydrogen-bond donors (Lipinski definition) is 2. The second kappa shape index (κ2) is 6.03. The largest absolute Gasteiger partial charge is 0.508 e. The highest BCUT2D eigenvalue weighted by molar-refractivity contribution is 6.01. The minimum Gasteiger partial charge on any atom is -0.508 e. The Bertz CT molecular complexity index is 817. The molecule has 0 aliphatic heterocycles. The molecule has 0 saturated heterocycles. The molecule has 1 aromatic heterocycles. The van der Waals surface area contributed by atoms with Crippen LogP contribution < -0.4 is 0 Å². The maximum absolute atomic E-state index is 12.4. The fraction of sp³-hybridized carbons (Fsp3) is 0.333. The van der Waals surface area contributed by atoms with E-state index < -0.39 is 12.6 Å². The van der Waals surface area contributed by atoms with E-state index in [2.05, 4.69) is 4.57 Å². The van der Waals surface area contributed by atoms with Gasteiger partial charge in [0.2, 0.25) is 5.78 Å². The summed E-state index contributed by atoms with van der Waals surface area (Å²) in [4.78, 5) is 24.3. The summed E-state index contributed by atoms with van der Waals surface area (Å²) in [5.74, 6) is -1.63. The number of aryl methyl sites for hydroxylation is 1. The van der Waals surface area contributed by atoms with Crippen LogP contribution in [-0.2, 0) is 4.74 Å². The molecule has 3 rings (SSSR count). The number of carbonyl (C=O) groups is 2. The SMILES string of the molecule is Cc1cc(C(=O)COC(=O)c2ccc(O)cc2O)c(C)n1C1CC1. The van der Waals surface area contributed by atoms with E-state index in [-0.39, 0.29) is 22.8 Å². The molecule has 2 aromatic rings. The third-order valence-electron chi connectivity index (χ3n) is 4.23. The van der Waals surface area contributed by atoms with Gasteiger partial charge in [-0.05, 0) is 44.9 Å². The van der Waals surface area contributed by atoms with Crippen LogP contribution >= 0.6 is 0 Å². The van der Waals surface area contributed by atoms with Gasteiger partial charge in [-0.1, -0.05) is 0 Å². The molecule has 0 amide bonds. The van der Waals surface area contributed by atoms with Crippen LogP contribution in [0.25, 0.3) is 0 Å². The molecule has 0 bridgehead atoms. The van der Waals surface area contributed by atoms with E-state index in [4.69, 9.17) is 4.74 Å². The van der Waals surface area contributed by atoms with E-state index >= 15 is 0 Å². The number of carbonyl (C=O) groups excluding carboxylic acids is 2. The van der Waals surface area contributed by atoms with Gasteiger partial charge in [-0.25, -0.2) is 4.79 Å². The predicted molar refractivity (Wildman–Crippen MR) is 86.6 cm³/mol. The molecule has 1 aliphatic carbocycles. The van der Waals surface area contributed by atoms with Crippen LogP contribution in [0.3, 0.4) is 0 Å². The van der Waals surface area contributed by atoms with E-state index in [1.165, 1.54) is 12.1 Å². The van der Waals surface area contributed by atoms with E-state index in [9.17, 15) is 19.8 Å². The first-order valence-corrected chi connectivity index (χ1v) is 7.79. The first kappa shape index (κ1) is 16.1. The van der Waals surface area contributed by atoms with Gasteiger partial charge in [0.1, 0.15) is 17.1 Å². The van der Waals surface area contributed by atoms with Crippen LogP contribution in [0.5, 0.6) is 11.5 Å². The number of nitrogens with zero attached hydrogens (tertiary/aromatic N) is 1. The van der Waals surface area contributed by atoms with Gasteiger partial charge in [0.05, 0.1) is 0 Å². The molecule has 1 saturated carbocycles. The standard InChI is InChI=1S/C18H19NO5/c1-10-7-15(11(2)19(10)12-3-4-12)17(22)9-24-18(23)14-6-5-13(20)8-16(14)21/h5-8,12,20-21H,3-4,9H2,1-2H3. The van der Waals surface area contributed by atoms with Crippen molar-refractivity contribution >= 4 is 11.8 Å². The summed E-state index contributed by atoms with van der Waals surface area (Å²) in [5, 5.41) is 18.9. The van der Waals surface area contributed by atoms with Gasteiger partial charge in [-0.15, -0.1) is 0 Å². The van der Waals surface area contributed by atoms with Crippen molar-refractivity contribution in [3.05, 3.63) is 46.8 Å². The summed E-state index contributed by atoms with van der Waals surface area (Å²) < 4.78 is 7.16. The van der Waals surface area contributed by atoms with Crippen molar-refractivity contribution < 1.29 is 24.5 Å². The van der Waals surface area contributed by atoms with Crippen molar-refractivity contribution in [3.8, 4) is 11.5 Å². The van der Waals surface area contributed by atoms with E-state index in [1.807, 2.05) is 19.9 Å². The lowest BCUT2D eigenvalue weighted by Gasteiger charge is -2.08. The average molecular weight is 329 g/mol. The predicted octanol–water partition coefficient (Wildman–Crippen LogP) is 2.89. The molecule has 0 atom stereocenters. The second-order valence-corrected chi connectivity index (χ2v) is 6.09. The van der Waals surface area contributed by atoms with Crippen LogP contribution in [0.2, 0.25) is 0 Å². The van der Waals surface area contributed by atoms with Gasteiger partial charge >= 0.3 is 5.97 Å². The number of rotatable bonds is 5. The lowest BCUT2D eigenvalue weighted by Crippen LogP contribution is -2.15. The van der Waals surface area contributed by atoms with Crippen LogP contribution in [0.1, 0.15) is 51.0 Å². The Morgan fingerprint density at radius 1 is 1.17 bits per heavy atom. The number of aromatic hydroxyl groups is 2. The van der Waals surface area contributed by atoms with E-state index in [0.717, 1.165) is 30.3 Å². The summed E-state index contributed by atoms with van der Waals surface area (Å²) in [5.41, 5.74) is 2.38. The smallest absolute Gasteiger partial charge is 0.342 e. The van der Waals surface area contributed by atoms with Crippen LogP contribution in [0.15, 0.2) is 24.3 Å². The fourth-order valence-corrected chi connectivity index (χ4v) is 2.93. The van der Waals surface area contributed by atoms with Crippen molar-refractivity contribution in [2.75, 3.05) is 6.61 Å². The number of aromatic nitrogens is 1. The molecule has 2 N–H and O–H groups in total.